The van der Waals surface area contributed by atoms with Crippen LogP contribution in [0.25, 0.3) is 89.5 Å². The molecule has 8 aromatic carbocycles. The Bertz CT molecular complexity index is 3920. The van der Waals surface area contributed by atoms with Crippen LogP contribution in [0.4, 0.5) is 0 Å². The summed E-state index contributed by atoms with van der Waals surface area (Å²) in [5, 5.41) is 11.1. The largest absolute Gasteiger partial charge is 0.512 e. The smallest absolute Gasteiger partial charge is 0.155 e. The van der Waals surface area contributed by atoms with Crippen molar-refractivity contribution in [2.24, 2.45) is 0 Å². The van der Waals surface area contributed by atoms with Gasteiger partial charge in [0.2, 0.25) is 0 Å². The first-order chi connectivity index (χ1) is 42.9. The number of rotatable bonds is 11. The summed E-state index contributed by atoms with van der Waals surface area (Å²) >= 11 is 0. The van der Waals surface area contributed by atoms with E-state index in [0.29, 0.717) is 0 Å². The van der Waals surface area contributed by atoms with E-state index < -0.39 is 16.1 Å². The SMILES string of the molecule is CC(=O)C=C(C)O.C[Si](C)(C)c1ccc(-c2[c-]ccc(-c3ccccc3)c2)nc1.C[Si](C)(C)c1ccc(-c2[c-]ccc(-c3ccccc3)c2)nc1.Cc1cc(-c2[c-]cccc2)ncc1-c1ccccc1.Cc1cc(-c2ccccc2)ncc1-c1ccccc1.[Ir].[Ir]. The average molecular weight is 1580 g/mol. The minimum Gasteiger partial charge on any atom is -0.512 e. The number of benzene rings is 8. The zero-order valence-corrected chi connectivity index (χ0v) is 60.2. The number of carbonyl (C=O) groups is 1. The molecule has 12 aromatic rings. The Kier molecular flexibility index (Phi) is 27.5. The van der Waals surface area contributed by atoms with E-state index in [0.717, 1.165) is 45.0 Å². The van der Waals surface area contributed by atoms with E-state index in [2.05, 4.69) is 249 Å². The fourth-order valence-corrected chi connectivity index (χ4v) is 11.6. The molecule has 12 rings (SSSR count). The Labute approximate surface area is 569 Å². The van der Waals surface area contributed by atoms with Gasteiger partial charge in [0, 0.05) is 87.8 Å². The quantitative estimate of drug-likeness (QED) is 0.0601. The Balaban J connectivity index is 0.000000185. The first-order valence-corrected chi connectivity index (χ1v) is 36.9. The second-order valence-electron chi connectivity index (χ2n) is 23.6. The third kappa shape index (κ3) is 21.8. The molecule has 2 radical (unpaired) electrons. The van der Waals surface area contributed by atoms with Crippen molar-refractivity contribution in [3.8, 4) is 89.5 Å². The third-order valence-electron chi connectivity index (χ3n) is 14.5. The number of hydrogen-bond donors (Lipinski definition) is 1. The van der Waals surface area contributed by atoms with Crippen molar-refractivity contribution >= 4 is 32.3 Å². The molecular weight excluding hydrogens is 1500 g/mol. The number of aryl methyl sites for hydroxylation is 2. The molecule has 0 bridgehead atoms. The van der Waals surface area contributed by atoms with Gasteiger partial charge in [0.05, 0.1) is 27.6 Å². The van der Waals surface area contributed by atoms with Gasteiger partial charge in [-0.15, -0.1) is 107 Å². The van der Waals surface area contributed by atoms with Gasteiger partial charge in [0.15, 0.2) is 5.78 Å². The van der Waals surface area contributed by atoms with Gasteiger partial charge >= 0.3 is 0 Å². The topological polar surface area (TPSA) is 88.9 Å². The fourth-order valence-electron chi connectivity index (χ4n) is 9.56. The zero-order chi connectivity index (χ0) is 63.2. The van der Waals surface area contributed by atoms with Crippen LogP contribution in [0.3, 0.4) is 0 Å². The minimum absolute atomic E-state index is 0. The predicted molar refractivity (Wildman–Crippen MR) is 379 cm³/mol. The van der Waals surface area contributed by atoms with Crippen molar-refractivity contribution < 1.29 is 50.1 Å². The summed E-state index contributed by atoms with van der Waals surface area (Å²) in [6, 6.07) is 95.0. The number of ketones is 1. The molecule has 0 aliphatic rings. The number of aromatic nitrogens is 4. The van der Waals surface area contributed by atoms with Crippen LogP contribution in [-0.4, -0.2) is 47.0 Å². The number of nitrogens with zero attached hydrogens (tertiary/aromatic N) is 4. The van der Waals surface area contributed by atoms with Crippen molar-refractivity contribution in [2.45, 2.75) is 67.0 Å². The summed E-state index contributed by atoms with van der Waals surface area (Å²) in [4.78, 5) is 28.5. The van der Waals surface area contributed by atoms with Crippen LogP contribution in [0.1, 0.15) is 25.0 Å². The molecule has 0 aliphatic heterocycles. The maximum Gasteiger partial charge on any atom is 0.155 e. The maximum absolute atomic E-state index is 10.0. The average Bonchev–Trinajstić information content (AvgIpc) is 1.88. The summed E-state index contributed by atoms with van der Waals surface area (Å²) in [7, 11) is -2.59. The monoisotopic (exact) mass is 1580 g/mol. The second kappa shape index (κ2) is 35.1. The van der Waals surface area contributed by atoms with Crippen LogP contribution in [0, 0.1) is 32.0 Å². The molecule has 0 atom stereocenters. The Morgan fingerprint density at radius 2 is 0.714 bits per heavy atom. The summed E-state index contributed by atoms with van der Waals surface area (Å²) in [5.41, 5.74) is 20.4. The molecule has 0 spiro atoms. The van der Waals surface area contributed by atoms with Crippen LogP contribution >= 0.6 is 0 Å². The fraction of sp³-hybridized carbons (Fsp3) is 0.123. The summed E-state index contributed by atoms with van der Waals surface area (Å²) in [6.07, 6.45) is 9.14. The maximum atomic E-state index is 10.0. The molecular formula is C81H77Ir2N4O2Si2-3. The van der Waals surface area contributed by atoms with E-state index >= 15 is 0 Å². The molecule has 6 nitrogen and oxygen atoms in total. The van der Waals surface area contributed by atoms with Gasteiger partial charge in [-0.3, -0.25) is 9.78 Å². The van der Waals surface area contributed by atoms with Gasteiger partial charge < -0.3 is 20.1 Å². The molecule has 4 heterocycles. The predicted octanol–water partition coefficient (Wildman–Crippen LogP) is 19.8. The molecule has 4 aromatic heterocycles. The van der Waals surface area contributed by atoms with Crippen LogP contribution in [0.5, 0.6) is 0 Å². The molecule has 0 amide bonds. The van der Waals surface area contributed by atoms with Crippen LogP contribution in [0.15, 0.2) is 285 Å². The molecule has 0 unspecified atom stereocenters. The number of hydrogen-bond acceptors (Lipinski definition) is 6. The minimum atomic E-state index is -1.29. The Morgan fingerprint density at radius 1 is 0.363 bits per heavy atom. The number of aliphatic hydroxyl groups is 1. The van der Waals surface area contributed by atoms with E-state index in [4.69, 9.17) is 5.11 Å². The number of carbonyl (C=O) groups excluding carboxylic acids is 1. The van der Waals surface area contributed by atoms with Crippen molar-refractivity contribution in [3.05, 3.63) is 315 Å². The van der Waals surface area contributed by atoms with Gasteiger partial charge in [0.25, 0.3) is 0 Å². The number of pyridine rings is 4. The molecule has 0 saturated carbocycles. The van der Waals surface area contributed by atoms with E-state index in [1.54, 1.807) is 0 Å². The molecule has 91 heavy (non-hydrogen) atoms. The number of allylic oxidation sites excluding steroid dienone is 2. The third-order valence-corrected chi connectivity index (χ3v) is 18.5. The first-order valence-electron chi connectivity index (χ1n) is 29.9. The van der Waals surface area contributed by atoms with Gasteiger partial charge in [-0.2, -0.15) is 0 Å². The summed E-state index contributed by atoms with van der Waals surface area (Å²) in [5.74, 6) is -0.0625. The van der Waals surface area contributed by atoms with E-state index in [1.165, 1.54) is 85.9 Å². The van der Waals surface area contributed by atoms with Crippen molar-refractivity contribution in [1.29, 1.82) is 0 Å². The molecule has 0 aliphatic carbocycles. The van der Waals surface area contributed by atoms with Crippen LogP contribution < -0.4 is 10.4 Å². The summed E-state index contributed by atoms with van der Waals surface area (Å²) < 4.78 is 0. The summed E-state index contributed by atoms with van der Waals surface area (Å²) in [6.45, 7) is 21.1. The van der Waals surface area contributed by atoms with Gasteiger partial charge in [-0.1, -0.05) is 221 Å². The molecule has 0 saturated heterocycles. The van der Waals surface area contributed by atoms with Crippen molar-refractivity contribution in [1.82, 2.24) is 19.9 Å². The molecule has 462 valence electrons. The van der Waals surface area contributed by atoms with E-state index in [-0.39, 0.29) is 51.8 Å². The van der Waals surface area contributed by atoms with E-state index in [1.807, 2.05) is 116 Å². The molecule has 0 fully saturated rings. The van der Waals surface area contributed by atoms with Gasteiger partial charge in [0.1, 0.15) is 0 Å². The van der Waals surface area contributed by atoms with Crippen molar-refractivity contribution in [3.63, 3.8) is 0 Å². The van der Waals surface area contributed by atoms with Crippen molar-refractivity contribution in [2.75, 3.05) is 0 Å². The van der Waals surface area contributed by atoms with E-state index in [9.17, 15) is 4.79 Å². The molecule has 10 heteroatoms. The molecule has 1 N–H and O–H groups in total. The second-order valence-corrected chi connectivity index (χ2v) is 33.8. The van der Waals surface area contributed by atoms with Crippen LogP contribution in [-0.2, 0) is 45.0 Å². The van der Waals surface area contributed by atoms with Crippen LogP contribution in [0.2, 0.25) is 39.3 Å². The normalized spacial score (nSPS) is 10.7. The Hall–Kier alpha value is -8.70. The van der Waals surface area contributed by atoms with Gasteiger partial charge in [-0.25, -0.2) is 0 Å². The van der Waals surface area contributed by atoms with Gasteiger partial charge in [-0.05, 0) is 94.6 Å². The number of aliphatic hydroxyl groups excluding tert-OH is 1. The zero-order valence-electron chi connectivity index (χ0n) is 53.4. The standard InChI is InChI=1S/2C20H20NSi.C18H15N.C18H14N.C5H8O2.2Ir/c2*1-22(2,3)19-12-13-20(21-15-19)18-11-7-10-17(14-18)16-8-5-4-6-9-16;2*1-14-12-18(16-10-6-3-7-11-16)19-13-17(14)15-8-4-2-5-9-15;1-4(6)3-5(2)7;;/h2*4-10,12-15H,1-3H3;2-13H,1H3;2-10,12-13H,1H3;3,6H,1-2H3;;/q2*-1;;-1;;;. The Morgan fingerprint density at radius 3 is 1.04 bits per heavy atom. The first kappa shape index (κ1) is 71.4.